The molecule has 0 bridgehead atoms. The molecule has 0 aliphatic carbocycles. The molecule has 1 unspecified atom stereocenters. The van der Waals surface area contributed by atoms with Crippen molar-refractivity contribution in [1.29, 1.82) is 0 Å². The summed E-state index contributed by atoms with van der Waals surface area (Å²) in [5.74, 6) is -1.57. The lowest BCUT2D eigenvalue weighted by Gasteiger charge is -2.24. The van der Waals surface area contributed by atoms with E-state index >= 15 is 0 Å². The highest BCUT2D eigenvalue weighted by Gasteiger charge is 2.30. The summed E-state index contributed by atoms with van der Waals surface area (Å²) >= 11 is 0. The van der Waals surface area contributed by atoms with E-state index in [1.54, 1.807) is 13.8 Å². The molecule has 7 heteroatoms. The molecular weight excluding hydrogens is 264 g/mol. The minimum absolute atomic E-state index is 0.0734. The number of carboxylic acids is 1. The molecular formula is C13H24N2O5. The van der Waals surface area contributed by atoms with Crippen LogP contribution in [0.3, 0.4) is 0 Å². The highest BCUT2D eigenvalue weighted by atomic mass is 16.5. The zero-order valence-electron chi connectivity index (χ0n) is 12.3. The van der Waals surface area contributed by atoms with Crippen molar-refractivity contribution in [2.24, 2.45) is 0 Å². The first-order valence-electron chi connectivity index (χ1n) is 6.76. The van der Waals surface area contributed by atoms with E-state index in [0.717, 1.165) is 0 Å². The van der Waals surface area contributed by atoms with Gasteiger partial charge in [0.1, 0.15) is 5.54 Å². The van der Waals surface area contributed by atoms with Crippen LogP contribution in [0, 0.1) is 0 Å². The Labute approximate surface area is 119 Å². The first kappa shape index (κ1) is 18.4. The quantitative estimate of drug-likeness (QED) is 0.394. The van der Waals surface area contributed by atoms with Crippen molar-refractivity contribution in [3.05, 3.63) is 0 Å². The number of carboxylic acid groups (broad SMARTS) is 1. The molecule has 0 aromatic rings. The van der Waals surface area contributed by atoms with Gasteiger partial charge in [-0.1, -0.05) is 6.92 Å². The zero-order valence-corrected chi connectivity index (χ0v) is 12.3. The summed E-state index contributed by atoms with van der Waals surface area (Å²) in [7, 11) is 0. The maximum absolute atomic E-state index is 11.5. The predicted octanol–water partition coefficient (Wildman–Crippen LogP) is 0.289. The molecule has 0 fully saturated rings. The van der Waals surface area contributed by atoms with Crippen LogP contribution < -0.4 is 10.6 Å². The number of aliphatic carboxylic acids is 1. The molecule has 0 aromatic carbocycles. The van der Waals surface area contributed by atoms with Gasteiger partial charge in [0.15, 0.2) is 0 Å². The smallest absolute Gasteiger partial charge is 0.323 e. The number of carbonyl (C=O) groups is 3. The molecule has 0 spiro atoms. The molecule has 1 amide bonds. The van der Waals surface area contributed by atoms with Crippen LogP contribution in [0.25, 0.3) is 0 Å². The third-order valence-electron chi connectivity index (χ3n) is 3.00. The van der Waals surface area contributed by atoms with E-state index in [1.165, 1.54) is 6.92 Å². The summed E-state index contributed by atoms with van der Waals surface area (Å²) in [5.41, 5.74) is -1.11. The molecule has 0 saturated carbocycles. The van der Waals surface area contributed by atoms with Gasteiger partial charge in [-0.25, -0.2) is 0 Å². The Kier molecular flexibility index (Phi) is 8.54. The fraction of sp³-hybridized carbons (Fsp3) is 0.769. The Morgan fingerprint density at radius 2 is 1.90 bits per heavy atom. The maximum atomic E-state index is 11.5. The predicted molar refractivity (Wildman–Crippen MR) is 73.2 cm³/mol. The second-order valence-electron chi connectivity index (χ2n) is 4.60. The summed E-state index contributed by atoms with van der Waals surface area (Å²) in [5, 5.41) is 14.4. The van der Waals surface area contributed by atoms with E-state index in [9.17, 15) is 14.4 Å². The number of amides is 1. The van der Waals surface area contributed by atoms with Crippen LogP contribution in [0.15, 0.2) is 0 Å². The monoisotopic (exact) mass is 288 g/mol. The van der Waals surface area contributed by atoms with Crippen molar-refractivity contribution in [2.75, 3.05) is 19.7 Å². The minimum atomic E-state index is -1.11. The summed E-state index contributed by atoms with van der Waals surface area (Å²) in [6.07, 6.45) is 1.12. The van der Waals surface area contributed by atoms with Crippen LogP contribution in [0.4, 0.5) is 0 Å². The van der Waals surface area contributed by atoms with Gasteiger partial charge >= 0.3 is 11.9 Å². The molecule has 116 valence electrons. The van der Waals surface area contributed by atoms with Crippen LogP contribution in [0.5, 0.6) is 0 Å². The van der Waals surface area contributed by atoms with Crippen LogP contribution >= 0.6 is 0 Å². The van der Waals surface area contributed by atoms with E-state index in [2.05, 4.69) is 10.6 Å². The largest absolute Gasteiger partial charge is 0.480 e. The Morgan fingerprint density at radius 3 is 2.40 bits per heavy atom. The Bertz CT molecular complexity index is 346. The molecule has 0 aliphatic rings. The first-order chi connectivity index (χ1) is 9.35. The topological polar surface area (TPSA) is 105 Å². The third-order valence-corrected chi connectivity index (χ3v) is 3.00. The number of rotatable bonds is 10. The average Bonchev–Trinajstić information content (AvgIpc) is 2.41. The molecule has 1 atom stereocenters. The van der Waals surface area contributed by atoms with E-state index in [-0.39, 0.29) is 24.8 Å². The van der Waals surface area contributed by atoms with Gasteiger partial charge in [0.05, 0.1) is 13.2 Å². The van der Waals surface area contributed by atoms with Crippen molar-refractivity contribution >= 4 is 17.8 Å². The first-order valence-corrected chi connectivity index (χ1v) is 6.76. The molecule has 0 rings (SSSR count). The van der Waals surface area contributed by atoms with Crippen molar-refractivity contribution in [1.82, 2.24) is 10.6 Å². The van der Waals surface area contributed by atoms with Gasteiger partial charge in [-0.05, 0) is 26.7 Å². The average molecular weight is 288 g/mol. The Hall–Kier alpha value is -1.63. The summed E-state index contributed by atoms with van der Waals surface area (Å²) in [6.45, 7) is 5.63. The van der Waals surface area contributed by atoms with Gasteiger partial charge < -0.3 is 15.2 Å². The standard InChI is InChI=1S/C13H24N2O5/c1-4-13(3,12(18)19)15-9-10(16)14-8-6-7-11(17)20-5-2/h15H,4-9H2,1-3H3,(H,14,16)(H,18,19). The van der Waals surface area contributed by atoms with Gasteiger partial charge in [0.25, 0.3) is 0 Å². The lowest BCUT2D eigenvalue weighted by Crippen LogP contribution is -2.52. The van der Waals surface area contributed by atoms with Crippen LogP contribution in [0.1, 0.15) is 40.0 Å². The zero-order chi connectivity index (χ0) is 15.6. The van der Waals surface area contributed by atoms with Gasteiger partial charge in [0, 0.05) is 13.0 Å². The molecule has 3 N–H and O–H groups in total. The van der Waals surface area contributed by atoms with Crippen LogP contribution in [-0.4, -0.2) is 48.2 Å². The van der Waals surface area contributed by atoms with E-state index in [1.807, 2.05) is 0 Å². The molecule has 0 heterocycles. The number of hydrogen-bond acceptors (Lipinski definition) is 5. The van der Waals surface area contributed by atoms with Crippen LogP contribution in [-0.2, 0) is 19.1 Å². The Morgan fingerprint density at radius 1 is 1.25 bits per heavy atom. The molecule has 20 heavy (non-hydrogen) atoms. The number of nitrogens with one attached hydrogen (secondary N) is 2. The fourth-order valence-electron chi connectivity index (χ4n) is 1.38. The highest BCUT2D eigenvalue weighted by molar-refractivity contribution is 5.81. The van der Waals surface area contributed by atoms with Gasteiger partial charge in [-0.2, -0.15) is 0 Å². The summed E-state index contributed by atoms with van der Waals surface area (Å²) in [4.78, 5) is 33.6. The van der Waals surface area contributed by atoms with E-state index in [0.29, 0.717) is 26.0 Å². The lowest BCUT2D eigenvalue weighted by molar-refractivity contribution is -0.145. The fourth-order valence-corrected chi connectivity index (χ4v) is 1.38. The number of carbonyl (C=O) groups excluding carboxylic acids is 2. The van der Waals surface area contributed by atoms with Crippen molar-refractivity contribution in [3.63, 3.8) is 0 Å². The third kappa shape index (κ3) is 7.08. The van der Waals surface area contributed by atoms with Crippen molar-refractivity contribution in [2.45, 2.75) is 45.6 Å². The van der Waals surface area contributed by atoms with Crippen molar-refractivity contribution < 1.29 is 24.2 Å². The molecule has 0 aromatic heterocycles. The summed E-state index contributed by atoms with van der Waals surface area (Å²) < 4.78 is 4.75. The van der Waals surface area contributed by atoms with Gasteiger partial charge in [0.2, 0.25) is 5.91 Å². The SMILES string of the molecule is CCOC(=O)CCCNC(=O)CNC(C)(CC)C(=O)O. The minimum Gasteiger partial charge on any atom is -0.480 e. The number of hydrogen-bond donors (Lipinski definition) is 3. The normalized spacial score (nSPS) is 13.3. The highest BCUT2D eigenvalue weighted by Crippen LogP contribution is 2.08. The molecule has 0 radical (unpaired) electrons. The summed E-state index contributed by atoms with van der Waals surface area (Å²) in [6, 6.07) is 0. The van der Waals surface area contributed by atoms with Crippen molar-refractivity contribution in [3.8, 4) is 0 Å². The molecule has 0 aliphatic heterocycles. The Balaban J connectivity index is 3.85. The molecule has 0 saturated heterocycles. The second kappa shape index (κ2) is 9.30. The van der Waals surface area contributed by atoms with Crippen LogP contribution in [0.2, 0.25) is 0 Å². The number of ether oxygens (including phenoxy) is 1. The molecule has 7 nitrogen and oxygen atoms in total. The number of esters is 1. The van der Waals surface area contributed by atoms with Gasteiger partial charge in [-0.3, -0.25) is 19.7 Å². The van der Waals surface area contributed by atoms with Gasteiger partial charge in [-0.15, -0.1) is 0 Å². The maximum Gasteiger partial charge on any atom is 0.323 e. The second-order valence-corrected chi connectivity index (χ2v) is 4.60. The van der Waals surface area contributed by atoms with E-state index in [4.69, 9.17) is 9.84 Å². The van der Waals surface area contributed by atoms with E-state index < -0.39 is 11.5 Å². The lowest BCUT2D eigenvalue weighted by atomic mass is 9.99.